The summed E-state index contributed by atoms with van der Waals surface area (Å²) in [5.41, 5.74) is 8.02. The summed E-state index contributed by atoms with van der Waals surface area (Å²) >= 11 is 0.119. The molecule has 0 fully saturated rings. The summed E-state index contributed by atoms with van der Waals surface area (Å²) in [6.45, 7) is 4.43. The molecule has 0 aliphatic heterocycles. The Labute approximate surface area is 287 Å². The van der Waals surface area contributed by atoms with E-state index in [0.717, 1.165) is 22.5 Å². The van der Waals surface area contributed by atoms with Gasteiger partial charge >= 0.3 is 99.8 Å². The molecule has 7 aromatic rings. The quantitative estimate of drug-likeness (QED) is 0.127. The standard InChI is InChI=1S/C26H20NS.C14H16GeN.Ir/c1-17(2)19-14-15-27-23(16-19)21-11-6-12-22-25-20(18-8-4-3-5-9-18)10-7-13-24(25)28-26(21)22;1-15(2,3)13-9-10-14(16-11-13)12-7-5-4-6-8-12;/h3-10,12-17H,1-2H3;4-7,9-11H,1-3H3;/q2*-1;. The molecular formula is C40H36GeIrN2S-2. The Kier molecular flexibility index (Phi) is 10.5. The van der Waals surface area contributed by atoms with Crippen molar-refractivity contribution in [3.63, 3.8) is 0 Å². The van der Waals surface area contributed by atoms with E-state index in [0.29, 0.717) is 5.92 Å². The van der Waals surface area contributed by atoms with Crippen LogP contribution in [0.25, 0.3) is 53.8 Å². The summed E-state index contributed by atoms with van der Waals surface area (Å²) in [6.07, 6.45) is 3.95. The van der Waals surface area contributed by atoms with E-state index in [4.69, 9.17) is 0 Å². The molecule has 0 bridgehead atoms. The molecule has 45 heavy (non-hydrogen) atoms. The second-order valence-corrected chi connectivity index (χ2v) is 24.0. The van der Waals surface area contributed by atoms with Crippen LogP contribution in [0.1, 0.15) is 25.3 Å². The average molecular weight is 842 g/mol. The molecule has 0 N–H and O–H groups in total. The summed E-state index contributed by atoms with van der Waals surface area (Å²) in [4.78, 5) is 9.20. The first-order valence-corrected chi connectivity index (χ1v) is 23.3. The molecule has 3 heterocycles. The van der Waals surface area contributed by atoms with Crippen LogP contribution in [0, 0.1) is 12.1 Å². The van der Waals surface area contributed by atoms with Crippen LogP contribution in [-0.2, 0) is 20.1 Å². The molecule has 0 unspecified atom stereocenters. The fourth-order valence-electron chi connectivity index (χ4n) is 5.33. The minimum Gasteiger partial charge on any atom is 0 e. The Morgan fingerprint density at radius 2 is 1.53 bits per heavy atom. The van der Waals surface area contributed by atoms with Crippen molar-refractivity contribution in [2.24, 2.45) is 0 Å². The summed E-state index contributed by atoms with van der Waals surface area (Å²) in [7, 11) is 0. The normalized spacial score (nSPS) is 11.2. The number of fused-ring (bicyclic) bond motifs is 3. The Balaban J connectivity index is 0.000000202. The first-order chi connectivity index (χ1) is 21.3. The van der Waals surface area contributed by atoms with Gasteiger partial charge in [-0.3, -0.25) is 0 Å². The summed E-state index contributed by atoms with van der Waals surface area (Å²) in [5, 5.41) is 2.61. The van der Waals surface area contributed by atoms with Crippen molar-refractivity contribution in [3.05, 3.63) is 139 Å². The molecule has 0 amide bonds. The predicted molar refractivity (Wildman–Crippen MR) is 192 cm³/mol. The van der Waals surface area contributed by atoms with E-state index in [1.807, 2.05) is 54.1 Å². The van der Waals surface area contributed by atoms with Crippen LogP contribution < -0.4 is 4.40 Å². The van der Waals surface area contributed by atoms with Crippen molar-refractivity contribution < 1.29 is 20.1 Å². The maximum Gasteiger partial charge on any atom is 0 e. The van der Waals surface area contributed by atoms with E-state index in [2.05, 4.69) is 132 Å². The van der Waals surface area contributed by atoms with Gasteiger partial charge in [-0.1, -0.05) is 73.3 Å². The van der Waals surface area contributed by atoms with Crippen molar-refractivity contribution in [3.8, 4) is 33.6 Å². The molecule has 0 aliphatic carbocycles. The third-order valence-electron chi connectivity index (χ3n) is 7.86. The first kappa shape index (κ1) is 33.0. The number of thiophene rings is 1. The number of pyridine rings is 2. The van der Waals surface area contributed by atoms with Crippen molar-refractivity contribution >= 4 is 49.2 Å². The zero-order valence-corrected chi connectivity index (χ0v) is 31.6. The molecule has 7 rings (SSSR count). The van der Waals surface area contributed by atoms with Crippen LogP contribution in [0.15, 0.2) is 122 Å². The molecule has 1 radical (unpaired) electrons. The third-order valence-corrected chi connectivity index (χ3v) is 13.3. The molecule has 4 aromatic carbocycles. The van der Waals surface area contributed by atoms with Gasteiger partial charge in [-0.25, -0.2) is 0 Å². The number of nitrogens with zero attached hydrogens (tertiary/aromatic N) is 2. The van der Waals surface area contributed by atoms with E-state index in [-0.39, 0.29) is 20.1 Å². The van der Waals surface area contributed by atoms with E-state index in [1.54, 1.807) is 0 Å². The Morgan fingerprint density at radius 1 is 0.733 bits per heavy atom. The molecule has 227 valence electrons. The summed E-state index contributed by atoms with van der Waals surface area (Å²) < 4.78 is 4.01. The third kappa shape index (κ3) is 7.37. The minimum absolute atomic E-state index is 0. The second kappa shape index (κ2) is 14.3. The molecule has 5 heteroatoms. The van der Waals surface area contributed by atoms with Crippen LogP contribution in [-0.4, -0.2) is 23.2 Å². The largest absolute Gasteiger partial charge is 0 e. The van der Waals surface area contributed by atoms with Gasteiger partial charge < -0.3 is 4.98 Å². The van der Waals surface area contributed by atoms with Crippen LogP contribution >= 0.6 is 11.3 Å². The number of hydrogen-bond donors (Lipinski definition) is 0. The van der Waals surface area contributed by atoms with Gasteiger partial charge in [0, 0.05) is 31.0 Å². The molecule has 2 nitrogen and oxygen atoms in total. The zero-order valence-electron chi connectivity index (χ0n) is 26.3. The van der Waals surface area contributed by atoms with E-state index in [9.17, 15) is 0 Å². The maximum absolute atomic E-state index is 4.67. The average Bonchev–Trinajstić information content (AvgIpc) is 3.45. The van der Waals surface area contributed by atoms with Gasteiger partial charge in [-0.2, -0.15) is 11.3 Å². The van der Waals surface area contributed by atoms with Crippen molar-refractivity contribution in [2.75, 3.05) is 0 Å². The van der Waals surface area contributed by atoms with E-state index >= 15 is 0 Å². The van der Waals surface area contributed by atoms with Gasteiger partial charge in [0.25, 0.3) is 0 Å². The van der Waals surface area contributed by atoms with Crippen LogP contribution in [0.5, 0.6) is 0 Å². The van der Waals surface area contributed by atoms with Crippen LogP contribution in [0.4, 0.5) is 0 Å². The number of benzene rings is 4. The predicted octanol–water partition coefficient (Wildman–Crippen LogP) is 10.8. The molecular weight excluding hydrogens is 805 g/mol. The summed E-state index contributed by atoms with van der Waals surface area (Å²) in [6, 6.07) is 44.7. The van der Waals surface area contributed by atoms with Crippen LogP contribution in [0.3, 0.4) is 0 Å². The molecule has 0 spiro atoms. The van der Waals surface area contributed by atoms with Gasteiger partial charge in [0.05, 0.1) is 0 Å². The number of rotatable bonds is 5. The second-order valence-electron chi connectivity index (χ2n) is 12.3. The van der Waals surface area contributed by atoms with Crippen molar-refractivity contribution in [2.45, 2.75) is 37.0 Å². The smallest absolute Gasteiger partial charge is 0 e. The number of hydrogen-bond acceptors (Lipinski definition) is 3. The van der Waals surface area contributed by atoms with Gasteiger partial charge in [-0.05, 0) is 45.0 Å². The van der Waals surface area contributed by atoms with Gasteiger partial charge in [0.15, 0.2) is 0 Å². The minimum atomic E-state index is -1.72. The molecule has 0 saturated carbocycles. The topological polar surface area (TPSA) is 25.8 Å². The SMILES string of the molecule is CC(C)c1ccnc(-c2[c-]ccc3c2sc2cccc(-c4ccccc4)c23)c1.[CH3][Ge]([CH3])([CH3])[c]1ccc(-c2[c-]cccc2)nc1.[Ir]. The Hall–Kier alpha value is -3.41. The molecule has 0 aliphatic rings. The molecule has 0 atom stereocenters. The summed E-state index contributed by atoms with van der Waals surface area (Å²) in [5.74, 6) is 7.62. The van der Waals surface area contributed by atoms with Gasteiger partial charge in [0.1, 0.15) is 0 Å². The van der Waals surface area contributed by atoms with Crippen molar-refractivity contribution in [1.82, 2.24) is 9.97 Å². The molecule has 0 saturated heterocycles. The van der Waals surface area contributed by atoms with Crippen molar-refractivity contribution in [1.29, 1.82) is 0 Å². The van der Waals surface area contributed by atoms with Gasteiger partial charge in [0.2, 0.25) is 0 Å². The molecule has 3 aromatic heterocycles. The first-order valence-electron chi connectivity index (χ1n) is 15.1. The fraction of sp³-hybridized carbons (Fsp3) is 0.150. The maximum atomic E-state index is 4.67. The Bertz CT molecular complexity index is 2010. The van der Waals surface area contributed by atoms with E-state index < -0.39 is 13.3 Å². The monoisotopic (exact) mass is 843 g/mol. The van der Waals surface area contributed by atoms with Gasteiger partial charge in [-0.15, -0.1) is 23.8 Å². The van der Waals surface area contributed by atoms with E-state index in [1.165, 1.54) is 41.3 Å². The fourth-order valence-corrected chi connectivity index (χ4v) is 8.74. The van der Waals surface area contributed by atoms with Crippen LogP contribution in [0.2, 0.25) is 17.3 Å². The number of aromatic nitrogens is 2. The zero-order chi connectivity index (χ0) is 30.7. The Morgan fingerprint density at radius 3 is 2.22 bits per heavy atom.